The van der Waals surface area contributed by atoms with Gasteiger partial charge >= 0.3 is 0 Å². The first-order chi connectivity index (χ1) is 9.97. The molecule has 1 aromatic carbocycles. The minimum absolute atomic E-state index is 0.0747. The Bertz CT molecular complexity index is 493. The maximum Gasteiger partial charge on any atom is 0.251 e. The largest absolute Gasteiger partial charge is 0.396 e. The minimum Gasteiger partial charge on any atom is -0.396 e. The zero-order valence-corrected chi connectivity index (χ0v) is 13.7. The van der Waals surface area contributed by atoms with E-state index in [2.05, 4.69) is 10.2 Å². The summed E-state index contributed by atoms with van der Waals surface area (Å²) in [5.74, 6) is -0.177. The van der Waals surface area contributed by atoms with E-state index in [0.717, 1.165) is 19.6 Å². The van der Waals surface area contributed by atoms with Crippen LogP contribution in [0, 0.1) is 0 Å². The van der Waals surface area contributed by atoms with Gasteiger partial charge in [0.1, 0.15) is 0 Å². The lowest BCUT2D eigenvalue weighted by atomic mass is 10.1. The molecule has 1 atom stereocenters. The third kappa shape index (κ3) is 4.50. The first-order valence-electron chi connectivity index (χ1n) is 7.25. The molecule has 0 aromatic heterocycles. The molecule has 1 fully saturated rings. The van der Waals surface area contributed by atoms with Crippen LogP contribution in [0.25, 0.3) is 0 Å². The van der Waals surface area contributed by atoms with Crippen LogP contribution in [0.1, 0.15) is 36.5 Å². The number of halogens is 2. The number of likely N-dealkylation sites (tertiary alicyclic amines) is 1. The minimum atomic E-state index is -0.177. The summed E-state index contributed by atoms with van der Waals surface area (Å²) in [6.45, 7) is 5.09. The number of rotatable bonds is 4. The van der Waals surface area contributed by atoms with Crippen molar-refractivity contribution in [1.29, 1.82) is 0 Å². The van der Waals surface area contributed by atoms with E-state index < -0.39 is 0 Å². The predicted molar refractivity (Wildman–Crippen MR) is 88.1 cm³/mol. The van der Waals surface area contributed by atoms with Crippen LogP contribution in [0.5, 0.6) is 0 Å². The maximum absolute atomic E-state index is 12.2. The van der Waals surface area contributed by atoms with E-state index in [-0.39, 0.29) is 11.9 Å². The first kappa shape index (κ1) is 16.4. The van der Waals surface area contributed by atoms with Gasteiger partial charge in [-0.2, -0.15) is 0 Å². The number of carbonyl (C=O) groups is 1. The van der Waals surface area contributed by atoms with Crippen molar-refractivity contribution < 1.29 is 4.79 Å². The Labute approximate surface area is 135 Å². The summed E-state index contributed by atoms with van der Waals surface area (Å²) in [4.78, 5) is 14.6. The fourth-order valence-electron chi connectivity index (χ4n) is 2.60. The van der Waals surface area contributed by atoms with Crippen molar-refractivity contribution in [1.82, 2.24) is 10.2 Å². The van der Waals surface area contributed by atoms with Crippen LogP contribution < -0.4 is 11.1 Å². The van der Waals surface area contributed by atoms with Crippen molar-refractivity contribution in [3.8, 4) is 0 Å². The highest BCUT2D eigenvalue weighted by molar-refractivity contribution is 6.39. The van der Waals surface area contributed by atoms with E-state index in [0.29, 0.717) is 21.3 Å². The van der Waals surface area contributed by atoms with Crippen LogP contribution in [0.2, 0.25) is 10.0 Å². The molecule has 0 spiro atoms. The van der Waals surface area contributed by atoms with Crippen LogP contribution in [0.3, 0.4) is 0 Å². The van der Waals surface area contributed by atoms with Crippen molar-refractivity contribution in [2.45, 2.75) is 32.2 Å². The van der Waals surface area contributed by atoms with Crippen molar-refractivity contribution in [3.05, 3.63) is 27.7 Å². The zero-order chi connectivity index (χ0) is 15.4. The summed E-state index contributed by atoms with van der Waals surface area (Å²) in [6, 6.07) is 3.17. The monoisotopic (exact) mass is 329 g/mol. The van der Waals surface area contributed by atoms with Gasteiger partial charge in [-0.25, -0.2) is 0 Å². The Morgan fingerprint density at radius 1 is 1.29 bits per heavy atom. The number of hydrogen-bond donors (Lipinski definition) is 2. The zero-order valence-electron chi connectivity index (χ0n) is 12.2. The highest BCUT2D eigenvalue weighted by Gasteiger charge is 2.17. The molecule has 0 bridgehead atoms. The molecule has 2 rings (SSSR count). The highest BCUT2D eigenvalue weighted by atomic mass is 35.5. The molecule has 1 amide bonds. The lowest BCUT2D eigenvalue weighted by molar-refractivity contribution is 0.0925. The summed E-state index contributed by atoms with van der Waals surface area (Å²) in [7, 11) is 0. The Kier molecular flexibility index (Phi) is 5.73. The molecule has 1 aliphatic rings. The molecular weight excluding hydrogens is 309 g/mol. The van der Waals surface area contributed by atoms with Gasteiger partial charge in [0.15, 0.2) is 0 Å². The molecule has 3 N–H and O–H groups in total. The number of nitrogens with zero attached hydrogens (tertiary/aromatic N) is 1. The van der Waals surface area contributed by atoms with Gasteiger partial charge < -0.3 is 16.0 Å². The van der Waals surface area contributed by atoms with E-state index in [1.807, 2.05) is 6.92 Å². The molecule has 1 heterocycles. The highest BCUT2D eigenvalue weighted by Crippen LogP contribution is 2.28. The third-order valence-electron chi connectivity index (χ3n) is 3.70. The van der Waals surface area contributed by atoms with Crippen LogP contribution in [-0.2, 0) is 0 Å². The summed E-state index contributed by atoms with van der Waals surface area (Å²) in [5, 5.41) is 3.58. The number of carbonyl (C=O) groups excluding carboxylic acids is 1. The lowest BCUT2D eigenvalue weighted by Gasteiger charge is -2.29. The summed E-state index contributed by atoms with van der Waals surface area (Å²) < 4.78 is 0. The first-order valence-corrected chi connectivity index (χ1v) is 8.00. The Morgan fingerprint density at radius 2 is 1.86 bits per heavy atom. The standard InChI is InChI=1S/C15H21Cl2N3O/c1-10(9-20-5-3-2-4-6-20)19-15(21)11-7-12(16)14(18)13(17)8-11/h7-8,10H,2-6,9,18H2,1H3,(H,19,21). The number of nitrogens with one attached hydrogen (secondary N) is 1. The Balaban J connectivity index is 1.94. The van der Waals surface area contributed by atoms with Crippen molar-refractivity contribution in [2.75, 3.05) is 25.4 Å². The van der Waals surface area contributed by atoms with Crippen LogP contribution >= 0.6 is 23.2 Å². The van der Waals surface area contributed by atoms with Crippen molar-refractivity contribution in [3.63, 3.8) is 0 Å². The third-order valence-corrected chi connectivity index (χ3v) is 4.32. The van der Waals surface area contributed by atoms with E-state index in [4.69, 9.17) is 28.9 Å². The molecule has 0 aliphatic carbocycles. The normalized spacial score (nSPS) is 17.5. The quantitative estimate of drug-likeness (QED) is 0.834. The number of benzene rings is 1. The fourth-order valence-corrected chi connectivity index (χ4v) is 3.08. The molecule has 0 radical (unpaired) electrons. The molecular formula is C15H21Cl2N3O. The van der Waals surface area contributed by atoms with Gasteiger partial charge in [0.2, 0.25) is 0 Å². The van der Waals surface area contributed by atoms with Gasteiger partial charge in [-0.05, 0) is 45.0 Å². The fraction of sp³-hybridized carbons (Fsp3) is 0.533. The SMILES string of the molecule is CC(CN1CCCCC1)NC(=O)c1cc(Cl)c(N)c(Cl)c1. The van der Waals surface area contributed by atoms with Gasteiger partial charge in [-0.1, -0.05) is 29.6 Å². The van der Waals surface area contributed by atoms with Gasteiger partial charge in [0.05, 0.1) is 15.7 Å². The molecule has 1 aliphatic heterocycles. The van der Waals surface area contributed by atoms with Crippen molar-refractivity contribution in [2.24, 2.45) is 0 Å². The summed E-state index contributed by atoms with van der Waals surface area (Å²) >= 11 is 11.9. The number of anilines is 1. The van der Waals surface area contributed by atoms with Crippen molar-refractivity contribution >= 4 is 34.8 Å². The number of nitrogen functional groups attached to an aromatic ring is 1. The predicted octanol–water partition coefficient (Wildman–Crippen LogP) is 3.18. The van der Waals surface area contributed by atoms with Gasteiger partial charge in [0.25, 0.3) is 5.91 Å². The molecule has 4 nitrogen and oxygen atoms in total. The number of hydrogen-bond acceptors (Lipinski definition) is 3. The van der Waals surface area contributed by atoms with Gasteiger partial charge in [-0.3, -0.25) is 4.79 Å². The average molecular weight is 330 g/mol. The second-order valence-corrected chi connectivity index (χ2v) is 6.40. The second kappa shape index (κ2) is 7.34. The van der Waals surface area contributed by atoms with Gasteiger partial charge in [-0.15, -0.1) is 0 Å². The molecule has 1 saturated heterocycles. The molecule has 1 aromatic rings. The molecule has 1 unspecified atom stereocenters. The second-order valence-electron chi connectivity index (χ2n) is 5.59. The molecule has 116 valence electrons. The van der Waals surface area contributed by atoms with Crippen LogP contribution in [-0.4, -0.2) is 36.5 Å². The van der Waals surface area contributed by atoms with E-state index in [1.165, 1.54) is 19.3 Å². The summed E-state index contributed by atoms with van der Waals surface area (Å²) in [6.07, 6.45) is 3.79. The maximum atomic E-state index is 12.2. The van der Waals surface area contributed by atoms with Crippen LogP contribution in [0.4, 0.5) is 5.69 Å². The number of nitrogens with two attached hydrogens (primary N) is 1. The van der Waals surface area contributed by atoms with Gasteiger partial charge in [0, 0.05) is 18.2 Å². The molecule has 0 saturated carbocycles. The Morgan fingerprint density at radius 3 is 2.43 bits per heavy atom. The van der Waals surface area contributed by atoms with E-state index in [1.54, 1.807) is 12.1 Å². The topological polar surface area (TPSA) is 58.4 Å². The smallest absolute Gasteiger partial charge is 0.251 e. The lowest BCUT2D eigenvalue weighted by Crippen LogP contribution is -2.43. The number of amides is 1. The average Bonchev–Trinajstić information content (AvgIpc) is 2.45. The molecule has 6 heteroatoms. The van der Waals surface area contributed by atoms with Crippen LogP contribution in [0.15, 0.2) is 12.1 Å². The van der Waals surface area contributed by atoms with E-state index >= 15 is 0 Å². The summed E-state index contributed by atoms with van der Waals surface area (Å²) in [5.41, 5.74) is 6.41. The number of piperidine rings is 1. The Hall–Kier alpha value is -0.970. The molecule has 21 heavy (non-hydrogen) atoms. The van der Waals surface area contributed by atoms with E-state index in [9.17, 15) is 4.79 Å².